The topological polar surface area (TPSA) is 128 Å². The van der Waals surface area contributed by atoms with Crippen molar-refractivity contribution >= 4 is 28.8 Å². The number of benzene rings is 2. The Hall–Kier alpha value is -4.60. The van der Waals surface area contributed by atoms with Crippen molar-refractivity contribution in [2.75, 3.05) is 10.6 Å². The summed E-state index contributed by atoms with van der Waals surface area (Å²) in [5, 5.41) is 17.0. The average Bonchev–Trinajstić information content (AvgIpc) is 3.21. The summed E-state index contributed by atoms with van der Waals surface area (Å²) in [5.41, 5.74) is 1.01. The first-order chi connectivity index (χ1) is 15.0. The number of hydrogen-bond donors (Lipinski definition) is 2. The molecule has 10 nitrogen and oxygen atoms in total. The number of aryl methyl sites for hydroxylation is 1. The lowest BCUT2D eigenvalue weighted by Gasteiger charge is -2.10. The molecule has 2 aromatic carbocycles. The van der Waals surface area contributed by atoms with Crippen LogP contribution in [0.1, 0.15) is 16.2 Å². The summed E-state index contributed by atoms with van der Waals surface area (Å²) in [7, 11) is 0. The Kier molecular flexibility index (Phi) is 5.35. The van der Waals surface area contributed by atoms with Crippen molar-refractivity contribution in [1.82, 2.24) is 19.5 Å². The molecule has 4 rings (SSSR count). The molecule has 4 aromatic rings. The Balaban J connectivity index is 1.46. The van der Waals surface area contributed by atoms with E-state index in [4.69, 9.17) is 0 Å². The number of amides is 1. The number of nitro benzene ring substituents is 1. The maximum absolute atomic E-state index is 12.4. The van der Waals surface area contributed by atoms with Gasteiger partial charge in [-0.25, -0.2) is 15.0 Å². The molecule has 31 heavy (non-hydrogen) atoms. The number of nitrogens with one attached hydrogen (secondary N) is 2. The summed E-state index contributed by atoms with van der Waals surface area (Å²) in [6.07, 6.45) is 4.97. The third-order valence-electron chi connectivity index (χ3n) is 4.49. The Labute approximate surface area is 176 Å². The maximum atomic E-state index is 12.4. The van der Waals surface area contributed by atoms with E-state index in [1.807, 2.05) is 17.7 Å². The predicted molar refractivity (Wildman–Crippen MR) is 115 cm³/mol. The zero-order valence-corrected chi connectivity index (χ0v) is 16.4. The summed E-state index contributed by atoms with van der Waals surface area (Å²) in [5.74, 6) is 1.53. The second kappa shape index (κ2) is 8.41. The van der Waals surface area contributed by atoms with Crippen molar-refractivity contribution in [3.8, 4) is 5.82 Å². The van der Waals surface area contributed by atoms with Crippen LogP contribution in [0.3, 0.4) is 0 Å². The van der Waals surface area contributed by atoms with Gasteiger partial charge in [0.15, 0.2) is 0 Å². The molecule has 1 amide bonds. The van der Waals surface area contributed by atoms with Gasteiger partial charge in [-0.05, 0) is 37.3 Å². The summed E-state index contributed by atoms with van der Waals surface area (Å²) in [6.45, 7) is 1.88. The van der Waals surface area contributed by atoms with Gasteiger partial charge in [-0.2, -0.15) is 0 Å². The lowest BCUT2D eigenvalue weighted by Crippen LogP contribution is -2.13. The largest absolute Gasteiger partial charge is 0.340 e. The molecule has 0 saturated heterocycles. The van der Waals surface area contributed by atoms with Gasteiger partial charge in [0.1, 0.15) is 29.4 Å². The Morgan fingerprint density at radius 1 is 1.03 bits per heavy atom. The second-order valence-electron chi connectivity index (χ2n) is 6.54. The number of hydrogen-bond acceptors (Lipinski definition) is 7. The van der Waals surface area contributed by atoms with E-state index >= 15 is 0 Å². The van der Waals surface area contributed by atoms with Crippen LogP contribution in [0.5, 0.6) is 0 Å². The van der Waals surface area contributed by atoms with Crippen LogP contribution in [-0.2, 0) is 0 Å². The summed E-state index contributed by atoms with van der Waals surface area (Å²) in [6, 6.07) is 14.5. The second-order valence-corrected chi connectivity index (χ2v) is 6.54. The van der Waals surface area contributed by atoms with E-state index in [1.165, 1.54) is 24.5 Å². The van der Waals surface area contributed by atoms with Crippen LogP contribution < -0.4 is 10.6 Å². The first-order valence-corrected chi connectivity index (χ1v) is 9.25. The van der Waals surface area contributed by atoms with Gasteiger partial charge in [-0.1, -0.05) is 12.1 Å². The Morgan fingerprint density at radius 3 is 2.48 bits per heavy atom. The molecule has 10 heteroatoms. The van der Waals surface area contributed by atoms with Gasteiger partial charge in [-0.15, -0.1) is 0 Å². The van der Waals surface area contributed by atoms with E-state index in [9.17, 15) is 14.9 Å². The van der Waals surface area contributed by atoms with Crippen molar-refractivity contribution < 1.29 is 9.72 Å². The molecule has 0 spiro atoms. The molecule has 0 atom stereocenters. The SMILES string of the molecule is Cc1nccn1-c1cc(Nc2ccc(NC(=O)c3ccccc3[N+](=O)[O-])cc2)ncn1. The highest BCUT2D eigenvalue weighted by molar-refractivity contribution is 6.07. The third kappa shape index (κ3) is 4.37. The molecule has 0 aliphatic heterocycles. The van der Waals surface area contributed by atoms with Gasteiger partial charge in [0.25, 0.3) is 11.6 Å². The van der Waals surface area contributed by atoms with E-state index < -0.39 is 10.8 Å². The van der Waals surface area contributed by atoms with Crippen molar-refractivity contribution in [2.24, 2.45) is 0 Å². The monoisotopic (exact) mass is 415 g/mol. The summed E-state index contributed by atoms with van der Waals surface area (Å²) >= 11 is 0. The number of aromatic nitrogens is 4. The molecule has 0 aliphatic rings. The van der Waals surface area contributed by atoms with Crippen LogP contribution in [0.4, 0.5) is 22.9 Å². The van der Waals surface area contributed by atoms with Crippen LogP contribution in [0.25, 0.3) is 5.82 Å². The normalized spacial score (nSPS) is 10.5. The molecular weight excluding hydrogens is 398 g/mol. The van der Waals surface area contributed by atoms with Crippen molar-refractivity contribution in [1.29, 1.82) is 0 Å². The number of rotatable bonds is 6. The van der Waals surface area contributed by atoms with Gasteiger partial charge in [0.2, 0.25) is 0 Å². The predicted octanol–water partition coefficient (Wildman–Crippen LogP) is 3.87. The number of carbonyl (C=O) groups is 1. The fourth-order valence-electron chi connectivity index (χ4n) is 2.98. The average molecular weight is 415 g/mol. The summed E-state index contributed by atoms with van der Waals surface area (Å²) in [4.78, 5) is 35.6. The Bertz CT molecular complexity index is 1250. The number of nitro groups is 1. The molecule has 0 aliphatic carbocycles. The zero-order chi connectivity index (χ0) is 21.8. The molecule has 0 fully saturated rings. The first kappa shape index (κ1) is 19.7. The molecule has 2 heterocycles. The molecule has 0 bridgehead atoms. The van der Waals surface area contributed by atoms with Crippen LogP contribution in [0.15, 0.2) is 73.3 Å². The smallest absolute Gasteiger partial charge is 0.282 e. The van der Waals surface area contributed by atoms with E-state index in [2.05, 4.69) is 25.6 Å². The number of imidazole rings is 1. The molecule has 2 N–H and O–H groups in total. The first-order valence-electron chi connectivity index (χ1n) is 9.25. The minimum absolute atomic E-state index is 0.00184. The molecule has 154 valence electrons. The van der Waals surface area contributed by atoms with E-state index in [-0.39, 0.29) is 11.3 Å². The van der Waals surface area contributed by atoms with Gasteiger partial charge in [0, 0.05) is 35.9 Å². The fourth-order valence-corrected chi connectivity index (χ4v) is 2.98. The molecule has 0 unspecified atom stereocenters. The lowest BCUT2D eigenvalue weighted by molar-refractivity contribution is -0.385. The molecule has 2 aromatic heterocycles. The van der Waals surface area contributed by atoms with Crippen LogP contribution in [0, 0.1) is 17.0 Å². The highest BCUT2D eigenvalue weighted by Gasteiger charge is 2.19. The van der Waals surface area contributed by atoms with E-state index in [1.54, 1.807) is 42.6 Å². The number of para-hydroxylation sites is 1. The number of nitrogens with zero attached hydrogens (tertiary/aromatic N) is 5. The maximum Gasteiger partial charge on any atom is 0.282 e. The van der Waals surface area contributed by atoms with Gasteiger partial charge in [0.05, 0.1) is 4.92 Å². The highest BCUT2D eigenvalue weighted by Crippen LogP contribution is 2.22. The van der Waals surface area contributed by atoms with Crippen LogP contribution >= 0.6 is 0 Å². The quantitative estimate of drug-likeness (QED) is 0.361. The van der Waals surface area contributed by atoms with Crippen molar-refractivity contribution in [2.45, 2.75) is 6.92 Å². The molecule has 0 radical (unpaired) electrons. The van der Waals surface area contributed by atoms with E-state index in [0.29, 0.717) is 17.3 Å². The van der Waals surface area contributed by atoms with Gasteiger partial charge < -0.3 is 10.6 Å². The van der Waals surface area contributed by atoms with Crippen LogP contribution in [-0.4, -0.2) is 30.3 Å². The third-order valence-corrected chi connectivity index (χ3v) is 4.49. The molecular formula is C21H17N7O3. The summed E-state index contributed by atoms with van der Waals surface area (Å²) < 4.78 is 1.84. The number of carbonyl (C=O) groups excluding carboxylic acids is 1. The highest BCUT2D eigenvalue weighted by atomic mass is 16.6. The fraction of sp³-hybridized carbons (Fsp3) is 0.0476. The zero-order valence-electron chi connectivity index (χ0n) is 16.4. The lowest BCUT2D eigenvalue weighted by atomic mass is 10.1. The van der Waals surface area contributed by atoms with Crippen molar-refractivity contribution in [3.05, 3.63) is 94.8 Å². The Morgan fingerprint density at radius 2 is 1.77 bits per heavy atom. The van der Waals surface area contributed by atoms with Crippen molar-refractivity contribution in [3.63, 3.8) is 0 Å². The van der Waals surface area contributed by atoms with Gasteiger partial charge >= 0.3 is 0 Å². The minimum atomic E-state index is -0.580. The van der Waals surface area contributed by atoms with E-state index in [0.717, 1.165) is 11.5 Å². The number of anilines is 3. The molecule has 0 saturated carbocycles. The standard InChI is InChI=1S/C21H17N7O3/c1-14-22-10-11-27(14)20-12-19(23-13-24-20)25-15-6-8-16(9-7-15)26-21(29)17-4-2-3-5-18(17)28(30)31/h2-13H,1H3,(H,26,29)(H,23,24,25). The van der Waals surface area contributed by atoms with Gasteiger partial charge in [-0.3, -0.25) is 19.5 Å². The minimum Gasteiger partial charge on any atom is -0.340 e. The van der Waals surface area contributed by atoms with Crippen LogP contribution in [0.2, 0.25) is 0 Å².